The Morgan fingerprint density at radius 1 is 0.952 bits per heavy atom. The summed E-state index contributed by atoms with van der Waals surface area (Å²) in [5, 5.41) is 13.7. The van der Waals surface area contributed by atoms with Crippen LogP contribution < -0.4 is 10.5 Å². The molecule has 210 valence electrons. The number of imidazole rings is 1. The smallest absolute Gasteiger partial charge is 0.336 e. The molecule has 0 atom stereocenters. The third-order valence-electron chi connectivity index (χ3n) is 7.05. The first-order valence-electron chi connectivity index (χ1n) is 13.1. The number of carboxylic acid groups (broad SMARTS) is 1. The van der Waals surface area contributed by atoms with E-state index in [2.05, 4.69) is 15.1 Å². The molecular weight excluding hydrogens is 540 g/mol. The quantitative estimate of drug-likeness (QED) is 0.187. The monoisotopic (exact) mass is 565 g/mol. The number of hydrogen-bond acceptors (Lipinski definition) is 5. The van der Waals surface area contributed by atoms with Crippen molar-refractivity contribution < 1.29 is 23.4 Å². The van der Waals surface area contributed by atoms with Crippen molar-refractivity contribution in [2.45, 2.75) is 13.5 Å². The average molecular weight is 566 g/mol. The second kappa shape index (κ2) is 10.9. The number of nitrogens with zero attached hydrogens (tertiary/aromatic N) is 3. The lowest BCUT2D eigenvalue weighted by atomic mass is 9.98. The number of benzene rings is 4. The molecule has 4 N–H and O–H groups in total. The minimum absolute atomic E-state index is 0.0671. The van der Waals surface area contributed by atoms with Gasteiger partial charge in [-0.25, -0.2) is 13.6 Å². The summed E-state index contributed by atoms with van der Waals surface area (Å²) >= 11 is 0. The van der Waals surface area contributed by atoms with Crippen LogP contribution in [-0.4, -0.2) is 37.4 Å². The van der Waals surface area contributed by atoms with Gasteiger partial charge in [0.15, 0.2) is 5.82 Å². The van der Waals surface area contributed by atoms with Gasteiger partial charge in [-0.05, 0) is 52.9 Å². The zero-order chi connectivity index (χ0) is 29.4. The van der Waals surface area contributed by atoms with E-state index >= 15 is 8.78 Å². The van der Waals surface area contributed by atoms with Gasteiger partial charge in [-0.15, -0.1) is 0 Å². The van der Waals surface area contributed by atoms with Crippen LogP contribution in [0, 0.1) is 18.6 Å². The van der Waals surface area contributed by atoms with E-state index in [0.717, 1.165) is 28.5 Å². The van der Waals surface area contributed by atoms with Crippen LogP contribution in [0.4, 0.5) is 8.78 Å². The summed E-state index contributed by atoms with van der Waals surface area (Å²) in [5.74, 6) is -2.50. The van der Waals surface area contributed by atoms with E-state index in [1.54, 1.807) is 37.4 Å². The predicted octanol–water partition coefficient (Wildman–Crippen LogP) is 6.80. The molecule has 4 aromatic carbocycles. The molecule has 0 bridgehead atoms. The van der Waals surface area contributed by atoms with Crippen LogP contribution in [0.2, 0.25) is 0 Å². The number of hydrogen-bond donors (Lipinski definition) is 3. The van der Waals surface area contributed by atoms with Gasteiger partial charge in [-0.3, -0.25) is 4.68 Å². The summed E-state index contributed by atoms with van der Waals surface area (Å²) < 4.78 is 38.3. The number of carboxylic acids is 1. The maximum Gasteiger partial charge on any atom is 0.336 e. The molecular formula is C32H25F2N5O3. The van der Waals surface area contributed by atoms with E-state index in [-0.39, 0.29) is 33.9 Å². The zero-order valence-electron chi connectivity index (χ0n) is 22.4. The minimum Gasteiger partial charge on any atom is -0.478 e. The van der Waals surface area contributed by atoms with Crippen molar-refractivity contribution in [2.24, 2.45) is 5.73 Å². The Hall–Kier alpha value is -5.35. The molecule has 8 nitrogen and oxygen atoms in total. The molecule has 0 radical (unpaired) electrons. The van der Waals surface area contributed by atoms with Gasteiger partial charge in [-0.1, -0.05) is 54.6 Å². The highest BCUT2D eigenvalue weighted by atomic mass is 19.1. The first-order chi connectivity index (χ1) is 20.3. The van der Waals surface area contributed by atoms with Crippen molar-refractivity contribution in [2.75, 3.05) is 6.54 Å². The number of nitrogens with one attached hydrogen (secondary N) is 1. The van der Waals surface area contributed by atoms with Crippen molar-refractivity contribution >= 4 is 17.0 Å². The summed E-state index contributed by atoms with van der Waals surface area (Å²) in [4.78, 5) is 18.4. The van der Waals surface area contributed by atoms with Gasteiger partial charge in [0.25, 0.3) is 6.01 Å². The van der Waals surface area contributed by atoms with E-state index in [4.69, 9.17) is 10.5 Å². The molecule has 6 aromatic rings. The fourth-order valence-electron chi connectivity index (χ4n) is 4.92. The molecule has 42 heavy (non-hydrogen) atoms. The van der Waals surface area contributed by atoms with Gasteiger partial charge in [0.05, 0.1) is 28.9 Å². The molecule has 2 aromatic heterocycles. The Kier molecular flexibility index (Phi) is 6.97. The largest absolute Gasteiger partial charge is 0.478 e. The normalized spacial score (nSPS) is 11.2. The van der Waals surface area contributed by atoms with Crippen LogP contribution in [0.5, 0.6) is 11.8 Å². The van der Waals surface area contributed by atoms with Crippen LogP contribution in [-0.2, 0) is 6.54 Å². The molecule has 0 fully saturated rings. The zero-order valence-corrected chi connectivity index (χ0v) is 22.4. The number of fused-ring (bicyclic) bond motifs is 1. The molecule has 0 saturated heterocycles. The number of ether oxygens (including phenoxy) is 1. The predicted molar refractivity (Wildman–Crippen MR) is 155 cm³/mol. The third kappa shape index (κ3) is 4.99. The van der Waals surface area contributed by atoms with Crippen LogP contribution in [0.1, 0.15) is 15.9 Å². The lowest BCUT2D eigenvalue weighted by molar-refractivity contribution is 0.0695. The Labute approximate surface area is 239 Å². The highest BCUT2D eigenvalue weighted by Crippen LogP contribution is 2.34. The minimum atomic E-state index is -1.10. The first-order valence-corrected chi connectivity index (χ1v) is 13.1. The van der Waals surface area contributed by atoms with Crippen molar-refractivity contribution in [3.63, 3.8) is 0 Å². The lowest BCUT2D eigenvalue weighted by Gasteiger charge is -2.09. The van der Waals surface area contributed by atoms with Gasteiger partial charge in [-0.2, -0.15) is 10.1 Å². The number of nitrogens with two attached hydrogens (primary N) is 1. The van der Waals surface area contributed by atoms with Gasteiger partial charge >= 0.3 is 5.97 Å². The van der Waals surface area contributed by atoms with Crippen molar-refractivity contribution in [3.8, 4) is 45.3 Å². The topological polar surface area (TPSA) is 119 Å². The van der Waals surface area contributed by atoms with Crippen molar-refractivity contribution in [1.29, 1.82) is 0 Å². The van der Waals surface area contributed by atoms with E-state index in [0.29, 0.717) is 24.2 Å². The Bertz CT molecular complexity index is 1930. The second-order valence-electron chi connectivity index (χ2n) is 9.75. The SMILES string of the molecule is Cc1ccc(Oc2nc3c(F)c(-c4ccc(-c5ccc(-c6ccnn6CCN)cc5)cc4)c(F)cc3[nH]2)cc1C(=O)O. The number of aromatic amines is 1. The molecule has 0 amide bonds. The first kappa shape index (κ1) is 26.9. The molecule has 0 spiro atoms. The number of halogens is 2. The number of aromatic nitrogens is 4. The second-order valence-corrected chi connectivity index (χ2v) is 9.75. The van der Waals surface area contributed by atoms with Crippen molar-refractivity contribution in [3.05, 3.63) is 108 Å². The highest BCUT2D eigenvalue weighted by Gasteiger charge is 2.20. The molecule has 0 unspecified atom stereocenters. The third-order valence-corrected chi connectivity index (χ3v) is 7.05. The number of aryl methyl sites for hydroxylation is 1. The van der Waals surface area contributed by atoms with Gasteiger partial charge in [0.1, 0.15) is 17.1 Å². The Morgan fingerprint density at radius 3 is 2.29 bits per heavy atom. The Balaban J connectivity index is 1.26. The highest BCUT2D eigenvalue weighted by molar-refractivity contribution is 5.90. The van der Waals surface area contributed by atoms with Crippen LogP contribution in [0.3, 0.4) is 0 Å². The van der Waals surface area contributed by atoms with E-state index in [9.17, 15) is 9.90 Å². The average Bonchev–Trinajstić information content (AvgIpc) is 3.61. The van der Waals surface area contributed by atoms with Crippen LogP contribution in [0.15, 0.2) is 85.1 Å². The summed E-state index contributed by atoms with van der Waals surface area (Å²) in [5.41, 5.74) is 10.3. The van der Waals surface area contributed by atoms with Gasteiger partial charge < -0.3 is 20.6 Å². The summed E-state index contributed by atoms with van der Waals surface area (Å²) in [6, 6.07) is 22.4. The fraction of sp³-hybridized carbons (Fsp3) is 0.0938. The van der Waals surface area contributed by atoms with Crippen LogP contribution in [0.25, 0.3) is 44.5 Å². The number of aromatic carboxylic acids is 1. The Morgan fingerprint density at radius 2 is 1.62 bits per heavy atom. The van der Waals surface area contributed by atoms with Crippen LogP contribution >= 0.6 is 0 Å². The molecule has 2 heterocycles. The lowest BCUT2D eigenvalue weighted by Crippen LogP contribution is -2.11. The summed E-state index contributed by atoms with van der Waals surface area (Å²) in [6.45, 7) is 2.78. The number of rotatable bonds is 8. The fourth-order valence-corrected chi connectivity index (χ4v) is 4.92. The van der Waals surface area contributed by atoms with Gasteiger partial charge in [0.2, 0.25) is 0 Å². The van der Waals surface area contributed by atoms with E-state index in [1.165, 1.54) is 6.07 Å². The molecule has 0 saturated carbocycles. The van der Waals surface area contributed by atoms with E-state index in [1.807, 2.05) is 47.1 Å². The number of H-pyrrole nitrogens is 1. The maximum absolute atomic E-state index is 15.6. The van der Waals surface area contributed by atoms with E-state index < -0.39 is 17.6 Å². The molecule has 0 aliphatic carbocycles. The summed E-state index contributed by atoms with van der Waals surface area (Å²) in [7, 11) is 0. The molecule has 6 rings (SSSR count). The maximum atomic E-state index is 15.6. The summed E-state index contributed by atoms with van der Waals surface area (Å²) in [6.07, 6.45) is 1.74. The standard InChI is InChI=1S/C32H25F2N5O3/c1-18-2-11-23(16-24(18)31(40)41)42-32-37-26-17-25(33)28(29(34)30(26)38-32)22-9-5-20(6-10-22)19-3-7-21(8-4-19)27-12-14-36-39(27)15-13-35/h2-12,14,16-17H,13,15,35H2,1H3,(H,37,38)(H,40,41). The van der Waals surface area contributed by atoms with Gasteiger partial charge in [0, 0.05) is 18.8 Å². The van der Waals surface area contributed by atoms with Crippen molar-refractivity contribution in [1.82, 2.24) is 19.7 Å². The molecule has 0 aliphatic heterocycles. The molecule has 0 aliphatic rings. The number of carbonyl (C=O) groups is 1. The molecule has 10 heteroatoms.